The number of nitrogen functional groups attached to an aromatic ring is 1. The van der Waals surface area contributed by atoms with Gasteiger partial charge in [0.15, 0.2) is 0 Å². The summed E-state index contributed by atoms with van der Waals surface area (Å²) in [5.74, 6) is -0.398. The maximum Gasteiger partial charge on any atom is 0.290 e. The molecule has 0 aliphatic heterocycles. The van der Waals surface area contributed by atoms with Gasteiger partial charge >= 0.3 is 0 Å². The monoisotopic (exact) mass is 403 g/mol. The van der Waals surface area contributed by atoms with E-state index in [9.17, 15) is 14.7 Å². The van der Waals surface area contributed by atoms with E-state index in [4.69, 9.17) is 15.6 Å². The molecule has 0 saturated heterocycles. The van der Waals surface area contributed by atoms with E-state index in [0.717, 1.165) is 11.3 Å². The zero-order valence-electron chi connectivity index (χ0n) is 16.0. The summed E-state index contributed by atoms with van der Waals surface area (Å²) in [4.78, 5) is 40.0. The minimum atomic E-state index is -0.752. The number of hydrogen-bond acceptors (Lipinski definition) is 6. The standard InChI is InChI=1S/C18H23N5O3.CH2O2/c1-10-13(4-6-20-10)18(26)23-14-7-12(8-15(14)24)17(25)22-9-11-3-2-5-21-16(11)19;2-1-3/h2-6,12,14-15,20,24H,7-9H2,1H3,(H2,19,21)(H,22,25)(H,23,26);1H,(H,2,3)/t12-,14-,15-;/m0./s1. The molecule has 1 aliphatic rings. The number of rotatable bonds is 5. The number of anilines is 1. The third-order valence-corrected chi connectivity index (χ3v) is 4.79. The summed E-state index contributed by atoms with van der Waals surface area (Å²) in [7, 11) is 0. The van der Waals surface area contributed by atoms with Gasteiger partial charge in [0.2, 0.25) is 5.91 Å². The normalized spacial score (nSPS) is 20.3. The Morgan fingerprint density at radius 3 is 2.72 bits per heavy atom. The molecule has 0 bridgehead atoms. The molecule has 0 radical (unpaired) electrons. The lowest BCUT2D eigenvalue weighted by atomic mass is 10.1. The summed E-state index contributed by atoms with van der Waals surface area (Å²) in [6, 6.07) is 4.80. The van der Waals surface area contributed by atoms with Crippen molar-refractivity contribution in [3.05, 3.63) is 47.4 Å². The van der Waals surface area contributed by atoms with Crippen molar-refractivity contribution in [2.45, 2.75) is 38.5 Å². The number of H-pyrrole nitrogens is 1. The van der Waals surface area contributed by atoms with Crippen LogP contribution < -0.4 is 16.4 Å². The van der Waals surface area contributed by atoms with Crippen LogP contribution in [0, 0.1) is 12.8 Å². The van der Waals surface area contributed by atoms with E-state index in [1.54, 1.807) is 37.5 Å². The molecule has 2 aromatic heterocycles. The third kappa shape index (κ3) is 5.79. The molecule has 10 heteroatoms. The molecule has 2 aromatic rings. The minimum absolute atomic E-state index is 0.165. The Balaban J connectivity index is 0.000000941. The van der Waals surface area contributed by atoms with Crippen LogP contribution in [-0.2, 0) is 16.1 Å². The minimum Gasteiger partial charge on any atom is -0.483 e. The van der Waals surface area contributed by atoms with Crippen molar-refractivity contribution in [3.63, 3.8) is 0 Å². The molecule has 10 nitrogen and oxygen atoms in total. The highest BCUT2D eigenvalue weighted by molar-refractivity contribution is 5.95. The number of amides is 2. The predicted molar refractivity (Wildman–Crippen MR) is 105 cm³/mol. The number of nitrogens with zero attached hydrogens (tertiary/aromatic N) is 1. The van der Waals surface area contributed by atoms with Gasteiger partial charge in [0.1, 0.15) is 5.82 Å². The van der Waals surface area contributed by atoms with Crippen LogP contribution in [0.4, 0.5) is 5.82 Å². The van der Waals surface area contributed by atoms with Crippen molar-refractivity contribution >= 4 is 24.1 Å². The Labute approximate surface area is 167 Å². The van der Waals surface area contributed by atoms with E-state index in [1.807, 2.05) is 0 Å². The number of carbonyl (C=O) groups excluding carboxylic acids is 2. The molecule has 1 aliphatic carbocycles. The van der Waals surface area contributed by atoms with Gasteiger partial charge in [0.05, 0.1) is 17.7 Å². The first kappa shape index (κ1) is 21.9. The molecule has 0 spiro atoms. The molecule has 1 saturated carbocycles. The van der Waals surface area contributed by atoms with Gasteiger partial charge in [-0.05, 0) is 31.9 Å². The highest BCUT2D eigenvalue weighted by Crippen LogP contribution is 2.27. The van der Waals surface area contributed by atoms with Gasteiger partial charge in [-0.1, -0.05) is 6.07 Å². The summed E-state index contributed by atoms with van der Waals surface area (Å²) in [6.45, 7) is 1.84. The molecule has 29 heavy (non-hydrogen) atoms. The number of aromatic nitrogens is 2. The number of nitrogens with one attached hydrogen (secondary N) is 3. The molecular formula is C19H25N5O5. The van der Waals surface area contributed by atoms with E-state index < -0.39 is 12.1 Å². The Kier molecular flexibility index (Phi) is 7.72. The Morgan fingerprint density at radius 1 is 1.38 bits per heavy atom. The zero-order chi connectivity index (χ0) is 21.4. The third-order valence-electron chi connectivity index (χ3n) is 4.79. The highest BCUT2D eigenvalue weighted by atomic mass is 16.3. The van der Waals surface area contributed by atoms with Gasteiger partial charge < -0.3 is 31.6 Å². The van der Waals surface area contributed by atoms with E-state index >= 15 is 0 Å². The summed E-state index contributed by atoms with van der Waals surface area (Å²) in [6.07, 6.45) is 3.23. The van der Waals surface area contributed by atoms with Crippen LogP contribution >= 0.6 is 0 Å². The molecule has 2 amide bonds. The smallest absolute Gasteiger partial charge is 0.290 e. The number of pyridine rings is 1. The number of aliphatic hydroxyl groups is 1. The zero-order valence-corrected chi connectivity index (χ0v) is 16.0. The van der Waals surface area contributed by atoms with Gasteiger partial charge in [-0.2, -0.15) is 0 Å². The first-order chi connectivity index (χ1) is 13.9. The fourth-order valence-electron chi connectivity index (χ4n) is 3.26. The highest BCUT2D eigenvalue weighted by Gasteiger charge is 2.37. The van der Waals surface area contributed by atoms with Crippen molar-refractivity contribution in [1.29, 1.82) is 0 Å². The second kappa shape index (κ2) is 10.2. The first-order valence-electron chi connectivity index (χ1n) is 9.05. The fraction of sp³-hybridized carbons (Fsp3) is 0.368. The van der Waals surface area contributed by atoms with Gasteiger partial charge in [-0.15, -0.1) is 0 Å². The van der Waals surface area contributed by atoms with Gasteiger partial charge in [-0.25, -0.2) is 4.98 Å². The largest absolute Gasteiger partial charge is 0.483 e. The predicted octanol–water partition coefficient (Wildman–Crippen LogP) is 0.187. The van der Waals surface area contributed by atoms with Crippen molar-refractivity contribution in [2.24, 2.45) is 5.92 Å². The Hall–Kier alpha value is -3.40. The van der Waals surface area contributed by atoms with Crippen LogP contribution in [0.5, 0.6) is 0 Å². The lowest BCUT2D eigenvalue weighted by molar-refractivity contribution is -0.125. The molecule has 1 fully saturated rings. The average Bonchev–Trinajstić information content (AvgIpc) is 3.27. The summed E-state index contributed by atoms with van der Waals surface area (Å²) in [5.41, 5.74) is 7.81. The van der Waals surface area contributed by atoms with Gasteiger partial charge in [0, 0.05) is 36.1 Å². The average molecular weight is 403 g/mol. The molecule has 0 aromatic carbocycles. The van der Waals surface area contributed by atoms with Crippen molar-refractivity contribution in [2.75, 3.05) is 5.73 Å². The number of carbonyl (C=O) groups is 3. The number of aryl methyl sites for hydroxylation is 1. The lowest BCUT2D eigenvalue weighted by Gasteiger charge is -2.16. The molecule has 156 valence electrons. The topological polar surface area (TPSA) is 170 Å². The molecule has 3 atom stereocenters. The molecule has 0 unspecified atom stereocenters. The van der Waals surface area contributed by atoms with Crippen molar-refractivity contribution in [1.82, 2.24) is 20.6 Å². The van der Waals surface area contributed by atoms with E-state index in [2.05, 4.69) is 20.6 Å². The number of hydrogen-bond donors (Lipinski definition) is 6. The van der Waals surface area contributed by atoms with Crippen molar-refractivity contribution < 1.29 is 24.6 Å². The second-order valence-corrected chi connectivity index (χ2v) is 6.70. The number of carboxylic acid groups (broad SMARTS) is 1. The van der Waals surface area contributed by atoms with Crippen LogP contribution in [0.25, 0.3) is 0 Å². The SMILES string of the molecule is Cc1[nH]ccc1C(=O)N[C@H]1C[C@H](C(=O)NCc2cccnc2N)C[C@@H]1O.O=CO. The van der Waals surface area contributed by atoms with Crippen LogP contribution in [0.2, 0.25) is 0 Å². The quantitative estimate of drug-likeness (QED) is 0.387. The molecule has 7 N–H and O–H groups in total. The van der Waals surface area contributed by atoms with E-state index in [-0.39, 0.29) is 30.7 Å². The summed E-state index contributed by atoms with van der Waals surface area (Å²) >= 11 is 0. The first-order valence-corrected chi connectivity index (χ1v) is 9.05. The molecule has 2 heterocycles. The molecular weight excluding hydrogens is 378 g/mol. The fourth-order valence-corrected chi connectivity index (χ4v) is 3.26. The van der Waals surface area contributed by atoms with Crippen LogP contribution in [0.3, 0.4) is 0 Å². The Morgan fingerprint density at radius 2 is 2.10 bits per heavy atom. The van der Waals surface area contributed by atoms with Gasteiger partial charge in [-0.3, -0.25) is 14.4 Å². The molecule has 3 rings (SSSR count). The van der Waals surface area contributed by atoms with E-state index in [1.165, 1.54) is 0 Å². The van der Waals surface area contributed by atoms with Crippen LogP contribution in [-0.4, -0.2) is 50.6 Å². The number of aliphatic hydroxyl groups excluding tert-OH is 1. The number of aromatic amines is 1. The van der Waals surface area contributed by atoms with Crippen molar-refractivity contribution in [3.8, 4) is 0 Å². The maximum absolute atomic E-state index is 12.4. The summed E-state index contributed by atoms with van der Waals surface area (Å²) in [5, 5.41) is 22.8. The Bertz CT molecular complexity index is 853. The lowest BCUT2D eigenvalue weighted by Crippen LogP contribution is -2.40. The maximum atomic E-state index is 12.4. The second-order valence-electron chi connectivity index (χ2n) is 6.70. The van der Waals surface area contributed by atoms with E-state index in [0.29, 0.717) is 24.2 Å². The van der Waals surface area contributed by atoms with Crippen LogP contribution in [0.1, 0.15) is 34.5 Å². The number of nitrogens with two attached hydrogens (primary N) is 1. The van der Waals surface area contributed by atoms with Gasteiger partial charge in [0.25, 0.3) is 12.4 Å². The van der Waals surface area contributed by atoms with Crippen LogP contribution in [0.15, 0.2) is 30.6 Å². The summed E-state index contributed by atoms with van der Waals surface area (Å²) < 4.78 is 0.